The summed E-state index contributed by atoms with van der Waals surface area (Å²) in [6.45, 7) is 4.73. The molecule has 1 aromatic rings. The summed E-state index contributed by atoms with van der Waals surface area (Å²) < 4.78 is 0. The van der Waals surface area contributed by atoms with Crippen LogP contribution in [0.2, 0.25) is 0 Å². The molecule has 0 radical (unpaired) electrons. The Balaban J connectivity index is 2.04. The van der Waals surface area contributed by atoms with Crippen LogP contribution < -0.4 is 5.73 Å². The highest BCUT2D eigenvalue weighted by Gasteiger charge is 2.30. The maximum Gasteiger partial charge on any atom is 0.227 e. The van der Waals surface area contributed by atoms with Crippen molar-refractivity contribution in [1.29, 1.82) is 0 Å². The SMILES string of the molecule is CC(=O)N1CCCC(C(=O)N(CCCN)Cc2ccccc2)C1. The molecule has 23 heavy (non-hydrogen) atoms. The Kier molecular flexibility index (Phi) is 6.59. The second-order valence-corrected chi connectivity index (χ2v) is 6.19. The zero-order valence-electron chi connectivity index (χ0n) is 13.9. The molecule has 1 unspecified atom stereocenters. The van der Waals surface area contributed by atoms with E-state index in [0.29, 0.717) is 26.2 Å². The maximum absolute atomic E-state index is 12.9. The van der Waals surface area contributed by atoms with Crippen molar-refractivity contribution in [3.8, 4) is 0 Å². The second kappa shape index (κ2) is 8.67. The van der Waals surface area contributed by atoms with Crippen molar-refractivity contribution in [3.63, 3.8) is 0 Å². The number of nitrogens with two attached hydrogens (primary N) is 1. The minimum absolute atomic E-state index is 0.0547. The predicted molar refractivity (Wildman–Crippen MR) is 90.5 cm³/mol. The molecule has 1 saturated heterocycles. The summed E-state index contributed by atoms with van der Waals surface area (Å²) in [4.78, 5) is 28.2. The van der Waals surface area contributed by atoms with Crippen LogP contribution in [0.1, 0.15) is 31.7 Å². The average molecular weight is 317 g/mol. The van der Waals surface area contributed by atoms with Crippen molar-refractivity contribution in [2.45, 2.75) is 32.7 Å². The van der Waals surface area contributed by atoms with Gasteiger partial charge in [0.15, 0.2) is 0 Å². The third-order valence-electron chi connectivity index (χ3n) is 4.38. The largest absolute Gasteiger partial charge is 0.342 e. The number of benzene rings is 1. The summed E-state index contributed by atoms with van der Waals surface area (Å²) in [5.74, 6) is 0.112. The smallest absolute Gasteiger partial charge is 0.227 e. The van der Waals surface area contributed by atoms with Crippen molar-refractivity contribution < 1.29 is 9.59 Å². The van der Waals surface area contributed by atoms with Gasteiger partial charge in [-0.05, 0) is 31.4 Å². The number of hydrogen-bond donors (Lipinski definition) is 1. The van der Waals surface area contributed by atoms with Gasteiger partial charge in [-0.2, -0.15) is 0 Å². The molecule has 0 bridgehead atoms. The van der Waals surface area contributed by atoms with E-state index in [4.69, 9.17) is 5.73 Å². The van der Waals surface area contributed by atoms with E-state index in [1.807, 2.05) is 35.2 Å². The number of amides is 2. The Morgan fingerprint density at radius 2 is 2.04 bits per heavy atom. The van der Waals surface area contributed by atoms with E-state index in [2.05, 4.69) is 0 Å². The van der Waals surface area contributed by atoms with Gasteiger partial charge in [-0.1, -0.05) is 30.3 Å². The van der Waals surface area contributed by atoms with Gasteiger partial charge in [0.2, 0.25) is 11.8 Å². The molecule has 1 aliphatic rings. The van der Waals surface area contributed by atoms with Gasteiger partial charge < -0.3 is 15.5 Å². The van der Waals surface area contributed by atoms with Gasteiger partial charge in [0.25, 0.3) is 0 Å². The van der Waals surface area contributed by atoms with E-state index in [1.54, 1.807) is 11.8 Å². The van der Waals surface area contributed by atoms with E-state index in [1.165, 1.54) is 0 Å². The van der Waals surface area contributed by atoms with Crippen molar-refractivity contribution in [2.75, 3.05) is 26.2 Å². The average Bonchev–Trinajstić information content (AvgIpc) is 2.59. The van der Waals surface area contributed by atoms with Crippen LogP contribution in [0.4, 0.5) is 0 Å². The molecule has 1 atom stereocenters. The molecule has 2 N–H and O–H groups in total. The van der Waals surface area contributed by atoms with E-state index in [9.17, 15) is 9.59 Å². The minimum atomic E-state index is -0.0888. The molecule has 1 heterocycles. The van der Waals surface area contributed by atoms with E-state index >= 15 is 0 Å². The van der Waals surface area contributed by atoms with Crippen molar-refractivity contribution in [3.05, 3.63) is 35.9 Å². The summed E-state index contributed by atoms with van der Waals surface area (Å²) in [6, 6.07) is 10.0. The fraction of sp³-hybridized carbons (Fsp3) is 0.556. The first-order valence-electron chi connectivity index (χ1n) is 8.40. The lowest BCUT2D eigenvalue weighted by atomic mass is 9.96. The Bertz CT molecular complexity index is 518. The van der Waals surface area contributed by atoms with Crippen LogP contribution in [0.3, 0.4) is 0 Å². The highest BCUT2D eigenvalue weighted by molar-refractivity contribution is 5.80. The fourth-order valence-electron chi connectivity index (χ4n) is 3.08. The van der Waals surface area contributed by atoms with Gasteiger partial charge in [-0.25, -0.2) is 0 Å². The Morgan fingerprint density at radius 1 is 1.30 bits per heavy atom. The quantitative estimate of drug-likeness (QED) is 0.867. The monoisotopic (exact) mass is 317 g/mol. The Hall–Kier alpha value is -1.88. The number of rotatable bonds is 6. The summed E-state index contributed by atoms with van der Waals surface area (Å²) >= 11 is 0. The third kappa shape index (κ3) is 5.06. The van der Waals surface area contributed by atoms with Crippen LogP contribution in [0, 0.1) is 5.92 Å². The van der Waals surface area contributed by atoms with Crippen LogP contribution in [0.5, 0.6) is 0 Å². The number of nitrogens with zero attached hydrogens (tertiary/aromatic N) is 2. The summed E-state index contributed by atoms with van der Waals surface area (Å²) in [5.41, 5.74) is 6.74. The zero-order valence-corrected chi connectivity index (χ0v) is 13.9. The summed E-state index contributed by atoms with van der Waals surface area (Å²) in [6.07, 6.45) is 2.55. The maximum atomic E-state index is 12.9. The van der Waals surface area contributed by atoms with Crippen molar-refractivity contribution in [1.82, 2.24) is 9.80 Å². The molecule has 1 aliphatic heterocycles. The molecule has 0 aliphatic carbocycles. The predicted octanol–water partition coefficient (Wildman–Crippen LogP) is 1.62. The zero-order chi connectivity index (χ0) is 16.7. The third-order valence-corrected chi connectivity index (χ3v) is 4.38. The normalized spacial score (nSPS) is 17.8. The molecular weight excluding hydrogens is 290 g/mol. The van der Waals surface area contributed by atoms with Crippen LogP contribution in [0.25, 0.3) is 0 Å². The molecule has 1 fully saturated rings. The molecule has 5 heteroatoms. The standard InChI is InChI=1S/C18H27N3O2/c1-15(22)20-11-5-9-17(14-20)18(23)21(12-6-10-19)13-16-7-3-2-4-8-16/h2-4,7-8,17H,5-6,9-14,19H2,1H3. The van der Waals surface area contributed by atoms with Gasteiger partial charge in [0.1, 0.15) is 0 Å². The lowest BCUT2D eigenvalue weighted by Gasteiger charge is -2.34. The van der Waals surface area contributed by atoms with Crippen LogP contribution >= 0.6 is 0 Å². The first kappa shape index (κ1) is 17.5. The molecule has 5 nitrogen and oxygen atoms in total. The van der Waals surface area contributed by atoms with Crippen LogP contribution in [-0.4, -0.2) is 47.8 Å². The number of piperidine rings is 1. The Labute approximate surface area is 138 Å². The Morgan fingerprint density at radius 3 is 2.70 bits per heavy atom. The van der Waals surface area contributed by atoms with Crippen LogP contribution in [-0.2, 0) is 16.1 Å². The van der Waals surface area contributed by atoms with E-state index < -0.39 is 0 Å². The van der Waals surface area contributed by atoms with Gasteiger partial charge in [-0.15, -0.1) is 0 Å². The van der Waals surface area contributed by atoms with Crippen molar-refractivity contribution in [2.24, 2.45) is 11.7 Å². The molecule has 1 aromatic carbocycles. The molecule has 0 saturated carbocycles. The van der Waals surface area contributed by atoms with Gasteiger partial charge in [-0.3, -0.25) is 9.59 Å². The summed E-state index contributed by atoms with van der Waals surface area (Å²) in [5, 5.41) is 0. The number of carbonyl (C=O) groups is 2. The lowest BCUT2D eigenvalue weighted by Crippen LogP contribution is -2.46. The van der Waals surface area contributed by atoms with Crippen molar-refractivity contribution >= 4 is 11.8 Å². The highest BCUT2D eigenvalue weighted by atomic mass is 16.2. The van der Waals surface area contributed by atoms with Gasteiger partial charge in [0, 0.05) is 33.1 Å². The second-order valence-electron chi connectivity index (χ2n) is 6.19. The number of likely N-dealkylation sites (tertiary alicyclic amines) is 1. The van der Waals surface area contributed by atoms with Gasteiger partial charge >= 0.3 is 0 Å². The topological polar surface area (TPSA) is 66.6 Å². The molecule has 2 rings (SSSR count). The molecule has 0 spiro atoms. The first-order chi connectivity index (χ1) is 11.1. The van der Waals surface area contributed by atoms with Gasteiger partial charge in [0.05, 0.1) is 5.92 Å². The number of hydrogen-bond acceptors (Lipinski definition) is 3. The molecular formula is C18H27N3O2. The summed E-state index contributed by atoms with van der Waals surface area (Å²) in [7, 11) is 0. The number of carbonyl (C=O) groups excluding carboxylic acids is 2. The lowest BCUT2D eigenvalue weighted by molar-refractivity contribution is -0.140. The molecule has 126 valence electrons. The first-order valence-corrected chi connectivity index (χ1v) is 8.40. The van der Waals surface area contributed by atoms with E-state index in [0.717, 1.165) is 31.4 Å². The molecule has 0 aromatic heterocycles. The fourth-order valence-corrected chi connectivity index (χ4v) is 3.08. The van der Waals surface area contributed by atoms with E-state index in [-0.39, 0.29) is 17.7 Å². The van der Waals surface area contributed by atoms with Crippen LogP contribution in [0.15, 0.2) is 30.3 Å². The molecule has 2 amide bonds. The highest BCUT2D eigenvalue weighted by Crippen LogP contribution is 2.20. The minimum Gasteiger partial charge on any atom is -0.342 e.